The van der Waals surface area contributed by atoms with E-state index >= 15 is 0 Å². The fraction of sp³-hybridized carbons (Fsp3) is 0.0200. The van der Waals surface area contributed by atoms with Gasteiger partial charge in [-0.15, -0.1) is 0 Å². The zero-order valence-electron chi connectivity index (χ0n) is 28.4. The van der Waals surface area contributed by atoms with Gasteiger partial charge in [0.25, 0.3) is 0 Å². The molecule has 10 aromatic rings. The lowest BCUT2D eigenvalue weighted by atomic mass is 9.88. The Labute approximate surface area is 301 Å². The van der Waals surface area contributed by atoms with Crippen LogP contribution < -0.4 is 0 Å². The minimum absolute atomic E-state index is 0.208. The Morgan fingerprint density at radius 1 is 0.423 bits per heavy atom. The lowest BCUT2D eigenvalue weighted by molar-refractivity contribution is 1.02. The standard InChI is InChI=1S/C50H32N2/c1-2-14-32(15-3-1)49-44-29-28-42-39-22-9-11-27-46(39)52(50(42)48(44)43-25-8-10-26-45(43)51-49)36-19-13-17-34(31-36)33-16-12-18-35(30-33)47-40-23-6-4-20-37(40)38-21-5-7-24-41(38)47/h1-31,47H. The molecule has 0 atom stereocenters. The molecule has 0 unspecified atom stereocenters. The molecule has 8 aromatic carbocycles. The van der Waals surface area contributed by atoms with Gasteiger partial charge in [0, 0.05) is 44.1 Å². The minimum Gasteiger partial charge on any atom is -0.309 e. The lowest BCUT2D eigenvalue weighted by Crippen LogP contribution is -1.99. The van der Waals surface area contributed by atoms with Crippen molar-refractivity contribution in [3.63, 3.8) is 0 Å². The topological polar surface area (TPSA) is 17.8 Å². The van der Waals surface area contributed by atoms with Crippen LogP contribution in [0.4, 0.5) is 0 Å². The molecule has 0 spiro atoms. The summed E-state index contributed by atoms with van der Waals surface area (Å²) < 4.78 is 2.48. The largest absolute Gasteiger partial charge is 0.309 e. The maximum absolute atomic E-state index is 5.25. The average molecular weight is 661 g/mol. The Kier molecular flexibility index (Phi) is 6.35. The van der Waals surface area contributed by atoms with Crippen LogP contribution in [0.15, 0.2) is 188 Å². The molecular formula is C50H32N2. The molecule has 52 heavy (non-hydrogen) atoms. The van der Waals surface area contributed by atoms with Crippen LogP contribution in [-0.4, -0.2) is 9.55 Å². The van der Waals surface area contributed by atoms with Crippen LogP contribution in [0.1, 0.15) is 22.6 Å². The van der Waals surface area contributed by atoms with E-state index in [-0.39, 0.29) is 5.92 Å². The monoisotopic (exact) mass is 660 g/mol. The van der Waals surface area contributed by atoms with Crippen LogP contribution in [0.2, 0.25) is 0 Å². The van der Waals surface area contributed by atoms with Gasteiger partial charge in [-0.3, -0.25) is 0 Å². The first kappa shape index (κ1) is 29.0. The normalized spacial score (nSPS) is 12.5. The molecule has 0 fully saturated rings. The van der Waals surface area contributed by atoms with Crippen molar-refractivity contribution in [3.05, 3.63) is 205 Å². The van der Waals surface area contributed by atoms with E-state index in [1.807, 2.05) is 0 Å². The molecule has 1 aliphatic rings. The second kappa shape index (κ2) is 11.4. The highest BCUT2D eigenvalue weighted by molar-refractivity contribution is 6.26. The van der Waals surface area contributed by atoms with Crippen molar-refractivity contribution >= 4 is 43.5 Å². The van der Waals surface area contributed by atoms with E-state index in [1.165, 1.54) is 66.1 Å². The third kappa shape index (κ3) is 4.28. The molecule has 2 aromatic heterocycles. The van der Waals surface area contributed by atoms with Gasteiger partial charge in [-0.1, -0.05) is 164 Å². The molecule has 2 heterocycles. The first-order valence-electron chi connectivity index (χ1n) is 18.0. The molecule has 0 radical (unpaired) electrons. The summed E-state index contributed by atoms with van der Waals surface area (Å²) in [5, 5.41) is 6.02. The van der Waals surface area contributed by atoms with Crippen LogP contribution in [-0.2, 0) is 0 Å². The number of aromatic nitrogens is 2. The lowest BCUT2D eigenvalue weighted by Gasteiger charge is -2.17. The van der Waals surface area contributed by atoms with Crippen LogP contribution in [0.5, 0.6) is 0 Å². The van der Waals surface area contributed by atoms with Crippen molar-refractivity contribution in [3.8, 4) is 39.2 Å². The van der Waals surface area contributed by atoms with E-state index in [1.54, 1.807) is 0 Å². The van der Waals surface area contributed by atoms with Gasteiger partial charge >= 0.3 is 0 Å². The predicted molar refractivity (Wildman–Crippen MR) is 217 cm³/mol. The highest BCUT2D eigenvalue weighted by Gasteiger charge is 2.29. The van der Waals surface area contributed by atoms with E-state index in [2.05, 4.69) is 193 Å². The summed E-state index contributed by atoms with van der Waals surface area (Å²) in [5.74, 6) is 0.208. The Balaban J connectivity index is 1.15. The number of pyridine rings is 1. The maximum Gasteiger partial charge on any atom is 0.0788 e. The van der Waals surface area contributed by atoms with Gasteiger partial charge in [-0.25, -0.2) is 4.98 Å². The number of hydrogen-bond acceptors (Lipinski definition) is 1. The first-order valence-corrected chi connectivity index (χ1v) is 18.0. The number of hydrogen-bond donors (Lipinski definition) is 0. The molecule has 11 rings (SSSR count). The summed E-state index contributed by atoms with van der Waals surface area (Å²) >= 11 is 0. The van der Waals surface area contributed by atoms with Gasteiger partial charge in [-0.05, 0) is 63.2 Å². The molecule has 0 amide bonds. The van der Waals surface area contributed by atoms with E-state index in [4.69, 9.17) is 4.98 Å². The van der Waals surface area contributed by atoms with E-state index in [0.29, 0.717) is 0 Å². The molecule has 1 aliphatic carbocycles. The minimum atomic E-state index is 0.208. The molecular weight excluding hydrogens is 629 g/mol. The van der Waals surface area contributed by atoms with Gasteiger partial charge in [0.2, 0.25) is 0 Å². The average Bonchev–Trinajstić information content (AvgIpc) is 3.74. The van der Waals surface area contributed by atoms with Gasteiger partial charge in [-0.2, -0.15) is 0 Å². The Bertz CT molecular complexity index is 2980. The third-order valence-corrected chi connectivity index (χ3v) is 11.0. The quantitative estimate of drug-likeness (QED) is 0.172. The highest BCUT2D eigenvalue weighted by Crippen LogP contribution is 2.48. The number of rotatable bonds is 4. The number of para-hydroxylation sites is 2. The summed E-state index contributed by atoms with van der Waals surface area (Å²) in [5.41, 5.74) is 15.8. The smallest absolute Gasteiger partial charge is 0.0788 e. The van der Waals surface area contributed by atoms with E-state index < -0.39 is 0 Å². The van der Waals surface area contributed by atoms with Gasteiger partial charge in [0.15, 0.2) is 0 Å². The summed E-state index contributed by atoms with van der Waals surface area (Å²) in [4.78, 5) is 5.25. The summed E-state index contributed by atoms with van der Waals surface area (Å²) in [6.07, 6.45) is 0. The molecule has 0 N–H and O–H groups in total. The molecule has 0 bridgehead atoms. The second-order valence-electron chi connectivity index (χ2n) is 13.9. The fourth-order valence-corrected chi connectivity index (χ4v) is 8.81. The third-order valence-electron chi connectivity index (χ3n) is 11.0. The van der Waals surface area contributed by atoms with Crippen molar-refractivity contribution in [2.75, 3.05) is 0 Å². The summed E-state index contributed by atoms with van der Waals surface area (Å²) in [7, 11) is 0. The molecule has 0 saturated carbocycles. The second-order valence-corrected chi connectivity index (χ2v) is 13.9. The Morgan fingerprint density at radius 2 is 1.04 bits per heavy atom. The van der Waals surface area contributed by atoms with Crippen LogP contribution in [0, 0.1) is 0 Å². The molecule has 0 aliphatic heterocycles. The number of nitrogens with zero attached hydrogens (tertiary/aromatic N) is 2. The SMILES string of the molecule is c1ccc(-c2nc3ccccc3c3c2ccc2c4ccccc4n(-c4cccc(-c5cccc(C6c7ccccc7-c7ccccc76)c5)c4)c23)cc1. The van der Waals surface area contributed by atoms with Crippen molar-refractivity contribution in [1.82, 2.24) is 9.55 Å². The fourth-order valence-electron chi connectivity index (χ4n) is 8.81. The van der Waals surface area contributed by atoms with Crippen LogP contribution in [0.25, 0.3) is 82.7 Å². The van der Waals surface area contributed by atoms with Crippen molar-refractivity contribution in [2.24, 2.45) is 0 Å². The number of benzene rings is 8. The van der Waals surface area contributed by atoms with Crippen molar-refractivity contribution in [1.29, 1.82) is 0 Å². The van der Waals surface area contributed by atoms with Crippen molar-refractivity contribution < 1.29 is 0 Å². The van der Waals surface area contributed by atoms with Gasteiger partial charge < -0.3 is 4.57 Å². The van der Waals surface area contributed by atoms with E-state index in [9.17, 15) is 0 Å². The summed E-state index contributed by atoms with van der Waals surface area (Å²) in [6.45, 7) is 0. The zero-order valence-corrected chi connectivity index (χ0v) is 28.4. The van der Waals surface area contributed by atoms with Gasteiger partial charge in [0.05, 0.1) is 22.2 Å². The maximum atomic E-state index is 5.25. The highest BCUT2D eigenvalue weighted by atomic mass is 15.0. The van der Waals surface area contributed by atoms with Crippen LogP contribution in [0.3, 0.4) is 0 Å². The molecule has 2 nitrogen and oxygen atoms in total. The predicted octanol–water partition coefficient (Wildman–Crippen LogP) is 13.0. The van der Waals surface area contributed by atoms with Gasteiger partial charge in [0.1, 0.15) is 0 Å². The first-order chi connectivity index (χ1) is 25.8. The van der Waals surface area contributed by atoms with E-state index in [0.717, 1.165) is 33.2 Å². The van der Waals surface area contributed by atoms with Crippen molar-refractivity contribution in [2.45, 2.75) is 5.92 Å². The Hall–Kier alpha value is -6.77. The zero-order chi connectivity index (χ0) is 34.2. The Morgan fingerprint density at radius 3 is 1.85 bits per heavy atom. The van der Waals surface area contributed by atoms with Crippen LogP contribution >= 0.6 is 0 Å². The number of fused-ring (bicyclic) bond motifs is 10. The molecule has 0 saturated heterocycles. The summed E-state index contributed by atoms with van der Waals surface area (Å²) in [6, 6.07) is 68.5. The molecule has 242 valence electrons. The molecule has 2 heteroatoms.